The lowest BCUT2D eigenvalue weighted by molar-refractivity contribution is 0.188. The number of pyridine rings is 1. The van der Waals surface area contributed by atoms with Crippen LogP contribution in [0.1, 0.15) is 51.8 Å². The van der Waals surface area contributed by atoms with Gasteiger partial charge in [0.1, 0.15) is 5.82 Å². The van der Waals surface area contributed by atoms with Crippen LogP contribution in [0.2, 0.25) is 0 Å². The summed E-state index contributed by atoms with van der Waals surface area (Å²) in [6.45, 7) is 7.56. The van der Waals surface area contributed by atoms with Gasteiger partial charge in [-0.05, 0) is 38.6 Å². The number of nitrogens with zero attached hydrogens (tertiary/aromatic N) is 2. The molecule has 1 aromatic rings. The summed E-state index contributed by atoms with van der Waals surface area (Å²) in [6.07, 6.45) is 4.62. The van der Waals surface area contributed by atoms with E-state index >= 15 is 0 Å². The zero-order chi connectivity index (χ0) is 15.8. The van der Waals surface area contributed by atoms with Gasteiger partial charge in [-0.25, -0.2) is 4.39 Å². The summed E-state index contributed by atoms with van der Waals surface area (Å²) in [7, 11) is 4.28. The number of hydrogen-bond donors (Lipinski definition) is 1. The Morgan fingerprint density at radius 2 is 1.81 bits per heavy atom. The third kappa shape index (κ3) is 5.36. The molecule has 1 heterocycles. The lowest BCUT2D eigenvalue weighted by Gasteiger charge is -2.33. The highest BCUT2D eigenvalue weighted by molar-refractivity contribution is 5.09. The highest BCUT2D eigenvalue weighted by atomic mass is 19.1. The van der Waals surface area contributed by atoms with E-state index < -0.39 is 0 Å². The average molecular weight is 295 g/mol. The first kappa shape index (κ1) is 18.1. The smallest absolute Gasteiger partial charge is 0.141 e. The Morgan fingerprint density at radius 1 is 1.14 bits per heavy atom. The maximum absolute atomic E-state index is 13.0. The number of halogens is 1. The van der Waals surface area contributed by atoms with E-state index in [9.17, 15) is 4.39 Å². The SMILES string of the molecule is CCC(NCC(C(CC)CC)N(C)C)c1ccc(F)cn1. The second-order valence-electron chi connectivity index (χ2n) is 5.88. The van der Waals surface area contributed by atoms with Crippen molar-refractivity contribution in [2.24, 2.45) is 5.92 Å². The molecule has 4 heteroatoms. The molecule has 120 valence electrons. The quantitative estimate of drug-likeness (QED) is 0.754. The predicted octanol–water partition coefficient (Wildman–Crippen LogP) is 3.63. The Kier molecular flexibility index (Phi) is 7.83. The summed E-state index contributed by atoms with van der Waals surface area (Å²) in [5.74, 6) is 0.406. The lowest BCUT2D eigenvalue weighted by atomic mass is 9.93. The van der Waals surface area contributed by atoms with E-state index in [1.807, 2.05) is 0 Å². The molecule has 0 spiro atoms. The molecular weight excluding hydrogens is 265 g/mol. The second kappa shape index (κ2) is 9.11. The van der Waals surface area contributed by atoms with Crippen LogP contribution in [-0.2, 0) is 0 Å². The molecule has 0 radical (unpaired) electrons. The first-order valence-corrected chi connectivity index (χ1v) is 8.04. The summed E-state index contributed by atoms with van der Waals surface area (Å²) in [6, 6.07) is 3.95. The van der Waals surface area contributed by atoms with Gasteiger partial charge in [0.2, 0.25) is 0 Å². The van der Waals surface area contributed by atoms with Crippen LogP contribution in [0.3, 0.4) is 0 Å². The van der Waals surface area contributed by atoms with Gasteiger partial charge in [0.05, 0.1) is 11.9 Å². The average Bonchev–Trinajstić information content (AvgIpc) is 2.48. The Balaban J connectivity index is 2.69. The van der Waals surface area contributed by atoms with Gasteiger partial charge in [0.25, 0.3) is 0 Å². The van der Waals surface area contributed by atoms with Gasteiger partial charge < -0.3 is 10.2 Å². The minimum absolute atomic E-state index is 0.183. The fourth-order valence-corrected chi connectivity index (χ4v) is 2.92. The Labute approximate surface area is 129 Å². The predicted molar refractivity (Wildman–Crippen MR) is 86.8 cm³/mol. The van der Waals surface area contributed by atoms with E-state index in [4.69, 9.17) is 0 Å². The molecule has 0 saturated heterocycles. The van der Waals surface area contributed by atoms with E-state index in [0.29, 0.717) is 12.0 Å². The Morgan fingerprint density at radius 3 is 2.24 bits per heavy atom. The van der Waals surface area contributed by atoms with Gasteiger partial charge in [0.15, 0.2) is 0 Å². The van der Waals surface area contributed by atoms with Crippen molar-refractivity contribution in [3.05, 3.63) is 29.8 Å². The molecule has 21 heavy (non-hydrogen) atoms. The van der Waals surface area contributed by atoms with Crippen LogP contribution >= 0.6 is 0 Å². The highest BCUT2D eigenvalue weighted by Gasteiger charge is 2.22. The summed E-state index contributed by atoms with van der Waals surface area (Å²) in [5, 5.41) is 3.61. The zero-order valence-electron chi connectivity index (χ0n) is 14.1. The molecule has 2 atom stereocenters. The van der Waals surface area contributed by atoms with Crippen molar-refractivity contribution in [3.63, 3.8) is 0 Å². The van der Waals surface area contributed by atoms with Crippen LogP contribution in [0.15, 0.2) is 18.3 Å². The maximum atomic E-state index is 13.0. The summed E-state index contributed by atoms with van der Waals surface area (Å²) >= 11 is 0. The monoisotopic (exact) mass is 295 g/mol. The first-order valence-electron chi connectivity index (χ1n) is 8.04. The van der Waals surface area contributed by atoms with E-state index in [-0.39, 0.29) is 11.9 Å². The number of likely N-dealkylation sites (N-methyl/N-ethyl adjacent to an activating group) is 1. The van der Waals surface area contributed by atoms with E-state index in [2.05, 4.69) is 50.1 Å². The van der Waals surface area contributed by atoms with Crippen LogP contribution in [-0.4, -0.2) is 36.6 Å². The van der Waals surface area contributed by atoms with Crippen molar-refractivity contribution in [1.29, 1.82) is 0 Å². The largest absolute Gasteiger partial charge is 0.307 e. The van der Waals surface area contributed by atoms with Crippen LogP contribution in [0.4, 0.5) is 4.39 Å². The van der Waals surface area contributed by atoms with Crippen LogP contribution in [0, 0.1) is 11.7 Å². The normalized spacial score (nSPS) is 14.7. The van der Waals surface area contributed by atoms with E-state index in [0.717, 1.165) is 18.7 Å². The zero-order valence-corrected chi connectivity index (χ0v) is 14.1. The van der Waals surface area contributed by atoms with E-state index in [1.165, 1.54) is 25.1 Å². The molecule has 1 rings (SSSR count). The standard InChI is InChI=1S/C17H30FN3/c1-6-13(7-2)17(21(4)5)12-20-15(8-3)16-10-9-14(18)11-19-16/h9-11,13,15,17,20H,6-8,12H2,1-5H3. The first-order chi connectivity index (χ1) is 10.0. The second-order valence-corrected chi connectivity index (χ2v) is 5.88. The maximum Gasteiger partial charge on any atom is 0.141 e. The van der Waals surface area contributed by atoms with Crippen LogP contribution in [0.25, 0.3) is 0 Å². The molecule has 0 aliphatic carbocycles. The van der Waals surface area contributed by atoms with Crippen molar-refractivity contribution in [1.82, 2.24) is 15.2 Å². The van der Waals surface area contributed by atoms with Crippen LogP contribution in [0.5, 0.6) is 0 Å². The van der Waals surface area contributed by atoms with Crippen molar-refractivity contribution in [3.8, 4) is 0 Å². The molecule has 0 aromatic carbocycles. The van der Waals surface area contributed by atoms with Crippen molar-refractivity contribution in [2.45, 2.75) is 52.1 Å². The van der Waals surface area contributed by atoms with Gasteiger partial charge in [-0.2, -0.15) is 0 Å². The number of nitrogens with one attached hydrogen (secondary N) is 1. The number of hydrogen-bond acceptors (Lipinski definition) is 3. The highest BCUT2D eigenvalue weighted by Crippen LogP contribution is 2.19. The molecule has 0 bridgehead atoms. The van der Waals surface area contributed by atoms with Gasteiger partial charge in [0, 0.05) is 18.6 Å². The summed E-state index contributed by atoms with van der Waals surface area (Å²) < 4.78 is 13.0. The minimum atomic E-state index is -0.281. The number of rotatable bonds is 9. The summed E-state index contributed by atoms with van der Waals surface area (Å²) in [5.41, 5.74) is 0.918. The molecule has 0 amide bonds. The fraction of sp³-hybridized carbons (Fsp3) is 0.706. The molecule has 1 aromatic heterocycles. The topological polar surface area (TPSA) is 28.2 Å². The molecule has 1 N–H and O–H groups in total. The molecule has 3 nitrogen and oxygen atoms in total. The van der Waals surface area contributed by atoms with Gasteiger partial charge in [-0.1, -0.05) is 33.6 Å². The molecule has 0 aliphatic rings. The molecule has 0 fully saturated rings. The van der Waals surface area contributed by atoms with Gasteiger partial charge in [-0.15, -0.1) is 0 Å². The minimum Gasteiger partial charge on any atom is -0.307 e. The fourth-order valence-electron chi connectivity index (χ4n) is 2.92. The van der Waals surface area contributed by atoms with Gasteiger partial charge >= 0.3 is 0 Å². The molecular formula is C17H30FN3. The molecule has 0 saturated carbocycles. The summed E-state index contributed by atoms with van der Waals surface area (Å²) in [4.78, 5) is 6.51. The molecule has 0 aliphatic heterocycles. The van der Waals surface area contributed by atoms with Crippen molar-refractivity contribution < 1.29 is 4.39 Å². The van der Waals surface area contributed by atoms with Crippen LogP contribution < -0.4 is 5.32 Å². The Hall–Kier alpha value is -1.00. The molecule has 2 unspecified atom stereocenters. The number of aromatic nitrogens is 1. The van der Waals surface area contributed by atoms with Crippen molar-refractivity contribution >= 4 is 0 Å². The third-order valence-electron chi connectivity index (χ3n) is 4.35. The van der Waals surface area contributed by atoms with Crippen molar-refractivity contribution in [2.75, 3.05) is 20.6 Å². The van der Waals surface area contributed by atoms with E-state index in [1.54, 1.807) is 6.07 Å². The Bertz CT molecular complexity index is 388. The lowest BCUT2D eigenvalue weighted by Crippen LogP contribution is -2.44. The van der Waals surface area contributed by atoms with Gasteiger partial charge in [-0.3, -0.25) is 4.98 Å². The third-order valence-corrected chi connectivity index (χ3v) is 4.35.